The molecule has 114 valence electrons. The number of rotatable bonds is 3. The van der Waals surface area contributed by atoms with E-state index in [1.54, 1.807) is 0 Å². The molecule has 0 spiro atoms. The maximum atomic E-state index is 12.1. The van der Waals surface area contributed by atoms with E-state index in [1.807, 2.05) is 36.6 Å². The molecule has 1 aromatic carbocycles. The number of carbonyl (C=O) groups excluding carboxylic acids is 1. The van der Waals surface area contributed by atoms with Gasteiger partial charge in [-0.15, -0.1) is 0 Å². The van der Waals surface area contributed by atoms with Crippen molar-refractivity contribution in [3.8, 4) is 0 Å². The molecule has 0 radical (unpaired) electrons. The Morgan fingerprint density at radius 2 is 2.05 bits per heavy atom. The third-order valence-electron chi connectivity index (χ3n) is 3.19. The van der Waals surface area contributed by atoms with Gasteiger partial charge in [0.05, 0.1) is 11.0 Å². The van der Waals surface area contributed by atoms with E-state index in [4.69, 9.17) is 5.73 Å². The molecule has 0 aliphatic rings. The minimum atomic E-state index is -0.147. The Hall–Kier alpha value is -2.04. The fraction of sp³-hybridized carbons (Fsp3) is 0.500. The van der Waals surface area contributed by atoms with Gasteiger partial charge >= 0.3 is 0 Å². The fourth-order valence-electron chi connectivity index (χ4n) is 2.39. The second-order valence-electron chi connectivity index (χ2n) is 6.74. The van der Waals surface area contributed by atoms with Gasteiger partial charge in [-0.2, -0.15) is 0 Å². The van der Waals surface area contributed by atoms with Gasteiger partial charge in [0.15, 0.2) is 0 Å². The number of nitrogens with two attached hydrogens (primary N) is 1. The van der Waals surface area contributed by atoms with E-state index >= 15 is 0 Å². The van der Waals surface area contributed by atoms with E-state index in [0.29, 0.717) is 5.69 Å². The number of fused-ring (bicyclic) bond motifs is 1. The number of nitrogen functional groups attached to an aromatic ring is 1. The smallest absolute Gasteiger partial charge is 0.240 e. The Bertz CT molecular complexity index is 665. The average Bonchev–Trinajstić information content (AvgIpc) is 2.65. The monoisotopic (exact) mass is 288 g/mol. The molecule has 2 aromatic rings. The summed E-state index contributed by atoms with van der Waals surface area (Å²) in [6, 6.07) is 5.74. The third-order valence-corrected chi connectivity index (χ3v) is 3.19. The topological polar surface area (TPSA) is 72.9 Å². The van der Waals surface area contributed by atoms with Crippen molar-refractivity contribution in [3.63, 3.8) is 0 Å². The Morgan fingerprint density at radius 1 is 1.38 bits per heavy atom. The SMILES string of the molecule is CC(C)NC(=O)Cn1c(C(C)(C)C)nc2cc(N)ccc21. The lowest BCUT2D eigenvalue weighted by Gasteiger charge is -2.20. The van der Waals surface area contributed by atoms with Crippen LogP contribution in [-0.4, -0.2) is 21.5 Å². The van der Waals surface area contributed by atoms with E-state index in [2.05, 4.69) is 31.1 Å². The van der Waals surface area contributed by atoms with Crippen molar-refractivity contribution in [1.82, 2.24) is 14.9 Å². The van der Waals surface area contributed by atoms with E-state index in [1.165, 1.54) is 0 Å². The van der Waals surface area contributed by atoms with E-state index in [-0.39, 0.29) is 23.9 Å². The first kappa shape index (κ1) is 15.4. The van der Waals surface area contributed by atoms with Gasteiger partial charge in [-0.3, -0.25) is 4.79 Å². The molecule has 1 amide bonds. The summed E-state index contributed by atoms with van der Waals surface area (Å²) >= 11 is 0. The summed E-state index contributed by atoms with van der Waals surface area (Å²) in [6.07, 6.45) is 0. The number of hydrogen-bond acceptors (Lipinski definition) is 3. The molecule has 0 unspecified atom stereocenters. The van der Waals surface area contributed by atoms with Gasteiger partial charge in [-0.1, -0.05) is 20.8 Å². The van der Waals surface area contributed by atoms with Crippen LogP contribution in [0.3, 0.4) is 0 Å². The van der Waals surface area contributed by atoms with Crippen LogP contribution in [0.25, 0.3) is 11.0 Å². The number of anilines is 1. The molecular formula is C16H24N4O. The number of hydrogen-bond donors (Lipinski definition) is 2. The van der Waals surface area contributed by atoms with Gasteiger partial charge < -0.3 is 15.6 Å². The van der Waals surface area contributed by atoms with Gasteiger partial charge in [0, 0.05) is 17.1 Å². The highest BCUT2D eigenvalue weighted by atomic mass is 16.2. The molecule has 21 heavy (non-hydrogen) atoms. The zero-order chi connectivity index (χ0) is 15.8. The van der Waals surface area contributed by atoms with Crippen LogP contribution in [0, 0.1) is 0 Å². The molecule has 0 aliphatic carbocycles. The van der Waals surface area contributed by atoms with Crippen molar-refractivity contribution in [3.05, 3.63) is 24.0 Å². The molecule has 5 nitrogen and oxygen atoms in total. The van der Waals surface area contributed by atoms with Crippen LogP contribution in [0.5, 0.6) is 0 Å². The van der Waals surface area contributed by atoms with Gasteiger partial charge in [-0.25, -0.2) is 4.98 Å². The number of carbonyl (C=O) groups is 1. The van der Waals surface area contributed by atoms with Crippen LogP contribution in [0.4, 0.5) is 5.69 Å². The third kappa shape index (κ3) is 3.35. The molecule has 2 rings (SSSR count). The number of benzene rings is 1. The van der Waals surface area contributed by atoms with Crippen LogP contribution >= 0.6 is 0 Å². The van der Waals surface area contributed by atoms with Gasteiger partial charge in [0.2, 0.25) is 5.91 Å². The first-order valence-corrected chi connectivity index (χ1v) is 7.24. The molecule has 0 saturated carbocycles. The van der Waals surface area contributed by atoms with Crippen molar-refractivity contribution in [2.45, 2.75) is 52.6 Å². The number of aromatic nitrogens is 2. The molecule has 1 heterocycles. The molecule has 0 bridgehead atoms. The quantitative estimate of drug-likeness (QED) is 0.852. The molecule has 0 fully saturated rings. The minimum absolute atomic E-state index is 0.00775. The molecule has 3 N–H and O–H groups in total. The normalized spacial score (nSPS) is 12.1. The summed E-state index contributed by atoms with van der Waals surface area (Å²) in [5.41, 5.74) is 8.13. The van der Waals surface area contributed by atoms with E-state index < -0.39 is 0 Å². The van der Waals surface area contributed by atoms with Crippen molar-refractivity contribution >= 4 is 22.6 Å². The average molecular weight is 288 g/mol. The van der Waals surface area contributed by atoms with E-state index in [0.717, 1.165) is 16.9 Å². The second-order valence-corrected chi connectivity index (χ2v) is 6.74. The maximum Gasteiger partial charge on any atom is 0.240 e. The van der Waals surface area contributed by atoms with Crippen LogP contribution in [0.1, 0.15) is 40.4 Å². The maximum absolute atomic E-state index is 12.1. The van der Waals surface area contributed by atoms with Crippen LogP contribution in [0.2, 0.25) is 0 Å². The number of imidazole rings is 1. The van der Waals surface area contributed by atoms with Crippen molar-refractivity contribution in [1.29, 1.82) is 0 Å². The zero-order valence-electron chi connectivity index (χ0n) is 13.4. The van der Waals surface area contributed by atoms with Crippen molar-refractivity contribution in [2.75, 3.05) is 5.73 Å². The largest absolute Gasteiger partial charge is 0.399 e. The van der Waals surface area contributed by atoms with Gasteiger partial charge in [0.25, 0.3) is 0 Å². The fourth-order valence-corrected chi connectivity index (χ4v) is 2.39. The number of nitrogens with zero attached hydrogens (tertiary/aromatic N) is 2. The van der Waals surface area contributed by atoms with Crippen LogP contribution in [-0.2, 0) is 16.8 Å². The van der Waals surface area contributed by atoms with Gasteiger partial charge in [0.1, 0.15) is 12.4 Å². The molecule has 0 aliphatic heterocycles. The number of amides is 1. The first-order valence-electron chi connectivity index (χ1n) is 7.24. The molecule has 1 aromatic heterocycles. The predicted octanol–water partition coefficient (Wildman–Crippen LogP) is 2.44. The Morgan fingerprint density at radius 3 is 2.62 bits per heavy atom. The molecule has 0 atom stereocenters. The molecule has 5 heteroatoms. The summed E-state index contributed by atoms with van der Waals surface area (Å²) in [5.74, 6) is 0.883. The standard InChI is InChI=1S/C16H24N4O/c1-10(2)18-14(21)9-20-13-7-6-11(17)8-12(13)19-15(20)16(3,4)5/h6-8,10H,9,17H2,1-5H3,(H,18,21). The van der Waals surface area contributed by atoms with Crippen molar-refractivity contribution in [2.24, 2.45) is 0 Å². The predicted molar refractivity (Wildman–Crippen MR) is 86.1 cm³/mol. The Labute approximate surface area is 125 Å². The highest BCUT2D eigenvalue weighted by molar-refractivity contribution is 5.83. The highest BCUT2D eigenvalue weighted by Crippen LogP contribution is 2.27. The molecule has 0 saturated heterocycles. The summed E-state index contributed by atoms with van der Waals surface area (Å²) in [4.78, 5) is 16.8. The Kier molecular flexibility index (Phi) is 3.94. The summed E-state index contributed by atoms with van der Waals surface area (Å²) < 4.78 is 1.98. The Balaban J connectivity index is 2.51. The van der Waals surface area contributed by atoms with Crippen LogP contribution in [0.15, 0.2) is 18.2 Å². The number of nitrogens with one attached hydrogen (secondary N) is 1. The first-order chi connectivity index (χ1) is 9.68. The van der Waals surface area contributed by atoms with E-state index in [9.17, 15) is 4.79 Å². The van der Waals surface area contributed by atoms with Crippen LogP contribution < -0.4 is 11.1 Å². The molecular weight excluding hydrogens is 264 g/mol. The zero-order valence-corrected chi connectivity index (χ0v) is 13.4. The van der Waals surface area contributed by atoms with Gasteiger partial charge in [-0.05, 0) is 32.0 Å². The summed E-state index contributed by atoms with van der Waals surface area (Å²) in [5, 5.41) is 2.92. The lowest BCUT2D eigenvalue weighted by molar-refractivity contribution is -0.122. The summed E-state index contributed by atoms with van der Waals surface area (Å²) in [7, 11) is 0. The summed E-state index contributed by atoms with van der Waals surface area (Å²) in [6.45, 7) is 10.5. The lowest BCUT2D eigenvalue weighted by atomic mass is 9.95. The van der Waals surface area contributed by atoms with Crippen molar-refractivity contribution < 1.29 is 4.79 Å². The minimum Gasteiger partial charge on any atom is -0.399 e. The lowest BCUT2D eigenvalue weighted by Crippen LogP contribution is -2.34. The highest BCUT2D eigenvalue weighted by Gasteiger charge is 2.24. The second kappa shape index (κ2) is 5.39.